The number of halogens is 2. The van der Waals surface area contributed by atoms with E-state index in [1.807, 2.05) is 0 Å². The number of phenols is 1. The first-order valence-corrected chi connectivity index (χ1v) is 7.48. The molecule has 110 valence electrons. The fourth-order valence-corrected chi connectivity index (χ4v) is 1.92. The van der Waals surface area contributed by atoms with Crippen molar-refractivity contribution in [3.8, 4) is 5.75 Å². The average Bonchev–Trinajstić information content (AvgIpc) is 2.19. The normalized spacial score (nSPS) is 11.8. The monoisotopic (exact) mass is 304 g/mol. The van der Waals surface area contributed by atoms with E-state index in [0.29, 0.717) is 5.75 Å². The molecule has 0 aliphatic heterocycles. The number of hydrogen-bond donors (Lipinski definition) is 1. The van der Waals surface area contributed by atoms with E-state index in [-0.39, 0.29) is 16.2 Å². The van der Waals surface area contributed by atoms with Crippen LogP contribution in [0.25, 0.3) is 0 Å². The molecule has 0 amide bonds. The zero-order chi connectivity index (χ0) is 15.4. The van der Waals surface area contributed by atoms with Gasteiger partial charge in [-0.05, 0) is 28.9 Å². The molecule has 19 heavy (non-hydrogen) atoms. The Morgan fingerprint density at radius 3 is 1.37 bits per heavy atom. The van der Waals surface area contributed by atoms with Crippen LogP contribution in [0.15, 0.2) is 12.1 Å². The summed E-state index contributed by atoms with van der Waals surface area (Å²) in [4.78, 5) is 0. The third-order valence-corrected chi connectivity index (χ3v) is 2.87. The number of phenolic OH excluding ortho intramolecular Hbond substituents is 1. The van der Waals surface area contributed by atoms with Crippen molar-refractivity contribution >= 4 is 23.2 Å². The molecule has 0 radical (unpaired) electrons. The minimum absolute atomic E-state index is 0.0178. The summed E-state index contributed by atoms with van der Waals surface area (Å²) in [6, 6.07) is 4.18. The zero-order valence-corrected chi connectivity index (χ0v) is 14.6. The summed E-state index contributed by atoms with van der Waals surface area (Å²) >= 11 is 9.53. The molecule has 1 aromatic rings. The molecule has 0 saturated carbocycles. The highest BCUT2D eigenvalue weighted by atomic mass is 35.5. The topological polar surface area (TPSA) is 20.2 Å². The summed E-state index contributed by atoms with van der Waals surface area (Å²) < 4.78 is 0. The molecule has 0 aliphatic rings. The second-order valence-corrected chi connectivity index (χ2v) is 7.62. The molecule has 0 atom stereocenters. The predicted octanol–water partition coefficient (Wildman–Crippen LogP) is 5.72. The second kappa shape index (κ2) is 6.85. The van der Waals surface area contributed by atoms with Crippen LogP contribution in [0.3, 0.4) is 0 Å². The molecule has 0 spiro atoms. The maximum atomic E-state index is 10.4. The lowest BCUT2D eigenvalue weighted by Gasteiger charge is -2.27. The molecule has 0 heterocycles. The summed E-state index contributed by atoms with van der Waals surface area (Å²) in [5, 5.41) is 10.6. The highest BCUT2D eigenvalue weighted by Gasteiger charge is 2.25. The van der Waals surface area contributed by atoms with E-state index in [1.54, 1.807) is 0 Å². The van der Waals surface area contributed by atoms with Gasteiger partial charge in [-0.1, -0.05) is 59.2 Å². The highest BCUT2D eigenvalue weighted by molar-refractivity contribution is 6.40. The van der Waals surface area contributed by atoms with Gasteiger partial charge in [0.1, 0.15) is 5.75 Å². The number of aryl methyl sites for hydroxylation is 1. The summed E-state index contributed by atoms with van der Waals surface area (Å²) in [5.41, 5.74) is 3.26. The second-order valence-electron chi connectivity index (χ2n) is 6.81. The number of benzene rings is 1. The Morgan fingerprint density at radius 1 is 0.895 bits per heavy atom. The van der Waals surface area contributed by atoms with Crippen LogP contribution in [-0.2, 0) is 10.8 Å². The molecule has 1 aromatic carbocycles. The number of rotatable bonds is 0. The van der Waals surface area contributed by atoms with Gasteiger partial charge < -0.3 is 5.11 Å². The van der Waals surface area contributed by atoms with Crippen LogP contribution >= 0.6 is 23.2 Å². The van der Waals surface area contributed by atoms with Gasteiger partial charge in [0.15, 0.2) is 0 Å². The first kappa shape index (κ1) is 18.6. The molecule has 0 bridgehead atoms. The van der Waals surface area contributed by atoms with Gasteiger partial charge in [0.05, 0.1) is 5.34 Å². The third-order valence-electron chi connectivity index (χ3n) is 2.87. The predicted molar refractivity (Wildman–Crippen MR) is 86.8 cm³/mol. The maximum absolute atomic E-state index is 10.4. The van der Waals surface area contributed by atoms with Crippen LogP contribution in [-0.4, -0.2) is 10.4 Å². The Morgan fingerprint density at radius 2 is 1.16 bits per heavy atom. The van der Waals surface area contributed by atoms with E-state index in [2.05, 4.69) is 60.6 Å². The van der Waals surface area contributed by atoms with Crippen LogP contribution in [0.1, 0.15) is 58.2 Å². The average molecular weight is 305 g/mol. The minimum atomic E-state index is -0.0178. The van der Waals surface area contributed by atoms with E-state index >= 15 is 0 Å². The summed E-state index contributed by atoms with van der Waals surface area (Å²) in [6.07, 6.45) is 0. The standard InChI is InChI=1S/C15H24O.CH2Cl2/c1-10-8-11(14(2,3)4)13(16)12(9-10)15(5,6)7;2-1-3/h8-9,16H,1-7H3;1H2. The van der Waals surface area contributed by atoms with Crippen LogP contribution in [0.2, 0.25) is 0 Å². The zero-order valence-electron chi connectivity index (χ0n) is 13.1. The summed E-state index contributed by atoms with van der Waals surface area (Å²) in [6.45, 7) is 14.9. The molecule has 0 fully saturated rings. The van der Waals surface area contributed by atoms with E-state index in [9.17, 15) is 5.11 Å². The molecule has 1 N–H and O–H groups in total. The molecule has 0 saturated heterocycles. The quantitative estimate of drug-likeness (QED) is 0.608. The first-order chi connectivity index (χ1) is 8.45. The van der Waals surface area contributed by atoms with Crippen LogP contribution < -0.4 is 0 Å². The Bertz CT molecular complexity index is 377. The van der Waals surface area contributed by atoms with Crippen molar-refractivity contribution in [3.05, 3.63) is 28.8 Å². The van der Waals surface area contributed by atoms with Gasteiger partial charge in [0.2, 0.25) is 0 Å². The molecule has 0 unspecified atom stereocenters. The molecule has 0 aromatic heterocycles. The van der Waals surface area contributed by atoms with Gasteiger partial charge in [0.25, 0.3) is 0 Å². The maximum Gasteiger partial charge on any atom is 0.123 e. The van der Waals surface area contributed by atoms with Gasteiger partial charge in [0, 0.05) is 0 Å². The van der Waals surface area contributed by atoms with Crippen molar-refractivity contribution in [2.45, 2.75) is 59.3 Å². The van der Waals surface area contributed by atoms with Gasteiger partial charge in [-0.3, -0.25) is 0 Å². The van der Waals surface area contributed by atoms with E-state index in [1.165, 1.54) is 5.56 Å². The summed E-state index contributed by atoms with van der Waals surface area (Å²) in [5.74, 6) is 0.464. The van der Waals surface area contributed by atoms with Crippen molar-refractivity contribution < 1.29 is 5.11 Å². The van der Waals surface area contributed by atoms with Crippen molar-refractivity contribution in [1.82, 2.24) is 0 Å². The SMILES string of the molecule is Cc1cc(C(C)(C)C)c(O)c(C(C)(C)C)c1.ClCCl. The largest absolute Gasteiger partial charge is 0.507 e. The lowest BCUT2D eigenvalue weighted by atomic mass is 9.78. The number of alkyl halides is 2. The van der Waals surface area contributed by atoms with Crippen molar-refractivity contribution in [2.24, 2.45) is 0 Å². The van der Waals surface area contributed by atoms with Crippen molar-refractivity contribution in [2.75, 3.05) is 5.34 Å². The fraction of sp³-hybridized carbons (Fsp3) is 0.625. The molecule has 0 aliphatic carbocycles. The van der Waals surface area contributed by atoms with Gasteiger partial charge in [-0.15, -0.1) is 23.2 Å². The Labute approximate surface area is 127 Å². The molecule has 1 rings (SSSR count). The van der Waals surface area contributed by atoms with E-state index in [0.717, 1.165) is 11.1 Å². The molecular weight excluding hydrogens is 279 g/mol. The van der Waals surface area contributed by atoms with Gasteiger partial charge in [-0.2, -0.15) is 0 Å². The molecule has 3 heteroatoms. The van der Waals surface area contributed by atoms with Gasteiger partial charge >= 0.3 is 0 Å². The third kappa shape index (κ3) is 5.62. The Hall–Kier alpha value is -0.400. The van der Waals surface area contributed by atoms with E-state index in [4.69, 9.17) is 23.2 Å². The smallest absolute Gasteiger partial charge is 0.123 e. The van der Waals surface area contributed by atoms with Crippen molar-refractivity contribution in [1.29, 1.82) is 0 Å². The molecular formula is C16H26Cl2O. The summed E-state index contributed by atoms with van der Waals surface area (Å²) in [7, 11) is 0. The lowest BCUT2D eigenvalue weighted by Crippen LogP contribution is -2.17. The lowest BCUT2D eigenvalue weighted by molar-refractivity contribution is 0.423. The minimum Gasteiger partial charge on any atom is -0.507 e. The fourth-order valence-electron chi connectivity index (χ4n) is 1.92. The van der Waals surface area contributed by atoms with E-state index < -0.39 is 0 Å². The Kier molecular flexibility index (Phi) is 6.71. The van der Waals surface area contributed by atoms with Gasteiger partial charge in [-0.25, -0.2) is 0 Å². The molecule has 1 nitrogen and oxygen atoms in total. The first-order valence-electron chi connectivity index (χ1n) is 6.41. The van der Waals surface area contributed by atoms with Crippen LogP contribution in [0.5, 0.6) is 5.75 Å². The number of aromatic hydroxyl groups is 1. The highest BCUT2D eigenvalue weighted by Crippen LogP contribution is 2.39. The van der Waals surface area contributed by atoms with Crippen LogP contribution in [0, 0.1) is 6.92 Å². The Balaban J connectivity index is 0.000000982. The number of hydrogen-bond acceptors (Lipinski definition) is 1. The van der Waals surface area contributed by atoms with Crippen LogP contribution in [0.4, 0.5) is 0 Å². The van der Waals surface area contributed by atoms with Crippen molar-refractivity contribution in [3.63, 3.8) is 0 Å².